The number of amides is 1. The molecule has 10 heteroatoms. The fourth-order valence-corrected chi connectivity index (χ4v) is 3.03. The number of nitrogens with zero attached hydrogens (tertiary/aromatic N) is 1. The van der Waals surface area contributed by atoms with Gasteiger partial charge in [0.1, 0.15) is 5.01 Å². The average Bonchev–Trinajstić information content (AvgIpc) is 3.10. The van der Waals surface area contributed by atoms with Crippen LogP contribution in [0.3, 0.4) is 0 Å². The number of rotatable bonds is 5. The minimum Gasteiger partial charge on any atom is -0.475 e. The number of carboxylic acid groups (broad SMARTS) is 1. The summed E-state index contributed by atoms with van der Waals surface area (Å²) in [5.41, 5.74) is 8.21. The standard InChI is InChI=1S/C18H17N3OS.C2HF3O2/c19-12-11-17(22)20-14-8-5-13(6-9-14)7-10-18-21-15-3-1-2-4-16(15)23-18;3-2(4,5)1(6)7/h1-10H,11-12,19H2,(H,20,22);(H,6,7)/b10-7+;. The molecule has 30 heavy (non-hydrogen) atoms. The minimum absolute atomic E-state index is 0.0646. The molecule has 0 saturated carbocycles. The van der Waals surface area contributed by atoms with Gasteiger partial charge in [0, 0.05) is 18.7 Å². The van der Waals surface area contributed by atoms with Gasteiger partial charge in [-0.15, -0.1) is 11.3 Å². The second-order valence-electron chi connectivity index (χ2n) is 5.86. The first-order chi connectivity index (χ1) is 14.2. The lowest BCUT2D eigenvalue weighted by atomic mass is 10.2. The van der Waals surface area contributed by atoms with E-state index in [9.17, 15) is 18.0 Å². The van der Waals surface area contributed by atoms with Crippen molar-refractivity contribution in [2.75, 3.05) is 11.9 Å². The van der Waals surface area contributed by atoms with Crippen molar-refractivity contribution in [1.29, 1.82) is 0 Å². The number of carbonyl (C=O) groups is 2. The van der Waals surface area contributed by atoms with Crippen LogP contribution in [0.25, 0.3) is 22.4 Å². The molecule has 0 fully saturated rings. The Kier molecular flexibility index (Phi) is 8.07. The number of nitrogens with two attached hydrogens (primary N) is 1. The minimum atomic E-state index is -5.08. The maximum absolute atomic E-state index is 11.5. The molecule has 1 heterocycles. The number of carboxylic acids is 1. The van der Waals surface area contributed by atoms with E-state index in [2.05, 4.69) is 16.4 Å². The van der Waals surface area contributed by atoms with E-state index in [1.165, 1.54) is 4.70 Å². The molecule has 0 aliphatic rings. The highest BCUT2D eigenvalue weighted by molar-refractivity contribution is 7.19. The number of aliphatic carboxylic acids is 1. The van der Waals surface area contributed by atoms with Crippen LogP contribution in [0.5, 0.6) is 0 Å². The Hall–Kier alpha value is -3.24. The molecule has 0 radical (unpaired) electrons. The molecule has 3 rings (SSSR count). The third kappa shape index (κ3) is 7.30. The number of benzene rings is 2. The summed E-state index contributed by atoms with van der Waals surface area (Å²) in [5.74, 6) is -2.82. The fourth-order valence-electron chi connectivity index (χ4n) is 2.16. The van der Waals surface area contributed by atoms with E-state index >= 15 is 0 Å². The number of fused-ring (bicyclic) bond motifs is 1. The Morgan fingerprint density at radius 2 is 1.73 bits per heavy atom. The zero-order valence-corrected chi connectivity index (χ0v) is 16.3. The summed E-state index contributed by atoms with van der Waals surface area (Å²) in [6, 6.07) is 15.8. The first kappa shape index (κ1) is 23.0. The van der Waals surface area contributed by atoms with Crippen molar-refractivity contribution in [3.05, 3.63) is 59.1 Å². The van der Waals surface area contributed by atoms with Crippen LogP contribution in [0.4, 0.5) is 18.9 Å². The lowest BCUT2D eigenvalue weighted by Gasteiger charge is -2.04. The predicted octanol–water partition coefficient (Wildman–Crippen LogP) is 4.39. The normalized spacial score (nSPS) is 11.2. The molecule has 6 nitrogen and oxygen atoms in total. The number of hydrogen-bond donors (Lipinski definition) is 3. The van der Waals surface area contributed by atoms with E-state index < -0.39 is 12.1 Å². The largest absolute Gasteiger partial charge is 0.490 e. The number of hydrogen-bond acceptors (Lipinski definition) is 5. The maximum Gasteiger partial charge on any atom is 0.490 e. The van der Waals surface area contributed by atoms with Gasteiger partial charge in [-0.25, -0.2) is 9.78 Å². The van der Waals surface area contributed by atoms with E-state index in [-0.39, 0.29) is 5.91 Å². The van der Waals surface area contributed by atoms with Crippen LogP contribution in [0, 0.1) is 0 Å². The molecule has 0 spiro atoms. The second-order valence-corrected chi connectivity index (χ2v) is 6.93. The van der Waals surface area contributed by atoms with E-state index in [1.807, 2.05) is 54.6 Å². The van der Waals surface area contributed by atoms with Gasteiger partial charge < -0.3 is 16.2 Å². The molecular formula is C20H18F3N3O3S. The van der Waals surface area contributed by atoms with E-state index in [4.69, 9.17) is 15.6 Å². The fraction of sp³-hybridized carbons (Fsp3) is 0.150. The summed E-state index contributed by atoms with van der Waals surface area (Å²) in [6.07, 6.45) is -0.727. The summed E-state index contributed by atoms with van der Waals surface area (Å²) < 4.78 is 32.9. The van der Waals surface area contributed by atoms with Gasteiger partial charge in [0.2, 0.25) is 5.91 Å². The number of anilines is 1. The average molecular weight is 437 g/mol. The molecule has 1 aromatic heterocycles. The smallest absolute Gasteiger partial charge is 0.475 e. The number of nitrogens with one attached hydrogen (secondary N) is 1. The van der Waals surface area contributed by atoms with E-state index in [0.717, 1.165) is 21.8 Å². The Morgan fingerprint density at radius 1 is 1.10 bits per heavy atom. The van der Waals surface area contributed by atoms with Crippen LogP contribution in [0.2, 0.25) is 0 Å². The van der Waals surface area contributed by atoms with Crippen molar-refractivity contribution in [3.63, 3.8) is 0 Å². The molecule has 0 unspecified atom stereocenters. The van der Waals surface area contributed by atoms with Crippen molar-refractivity contribution in [2.45, 2.75) is 12.6 Å². The second kappa shape index (κ2) is 10.5. The highest BCUT2D eigenvalue weighted by atomic mass is 32.1. The highest BCUT2D eigenvalue weighted by Crippen LogP contribution is 2.23. The number of thiazole rings is 1. The van der Waals surface area contributed by atoms with Gasteiger partial charge in [0.15, 0.2) is 0 Å². The quantitative estimate of drug-likeness (QED) is 0.549. The highest BCUT2D eigenvalue weighted by Gasteiger charge is 2.38. The number of alkyl halides is 3. The Labute approximate surface area is 173 Å². The Bertz CT molecular complexity index is 998. The summed E-state index contributed by atoms with van der Waals surface area (Å²) in [6.45, 7) is 0.356. The molecule has 3 aromatic rings. The molecule has 158 valence electrons. The summed E-state index contributed by atoms with van der Waals surface area (Å²) >= 11 is 1.67. The van der Waals surface area contributed by atoms with Gasteiger partial charge >= 0.3 is 12.1 Å². The lowest BCUT2D eigenvalue weighted by molar-refractivity contribution is -0.192. The molecule has 0 atom stereocenters. The van der Waals surface area contributed by atoms with Crippen molar-refractivity contribution in [2.24, 2.45) is 5.73 Å². The molecular weight excluding hydrogens is 419 g/mol. The van der Waals surface area contributed by atoms with Crippen molar-refractivity contribution < 1.29 is 27.9 Å². The molecule has 0 saturated heterocycles. The summed E-state index contributed by atoms with van der Waals surface area (Å²) in [5, 5.41) is 10.9. The van der Waals surface area contributed by atoms with Crippen LogP contribution in [-0.2, 0) is 9.59 Å². The van der Waals surface area contributed by atoms with Crippen LogP contribution in [0.1, 0.15) is 17.0 Å². The predicted molar refractivity (Wildman–Crippen MR) is 111 cm³/mol. The van der Waals surface area contributed by atoms with Crippen molar-refractivity contribution in [1.82, 2.24) is 4.98 Å². The Morgan fingerprint density at radius 3 is 2.30 bits per heavy atom. The molecule has 0 aliphatic carbocycles. The zero-order valence-electron chi connectivity index (χ0n) is 15.5. The van der Waals surface area contributed by atoms with E-state index in [1.54, 1.807) is 11.3 Å². The maximum atomic E-state index is 11.5. The number of aromatic nitrogens is 1. The zero-order chi connectivity index (χ0) is 22.1. The molecule has 0 aliphatic heterocycles. The Balaban J connectivity index is 0.000000396. The monoisotopic (exact) mass is 437 g/mol. The molecule has 4 N–H and O–H groups in total. The van der Waals surface area contributed by atoms with Crippen LogP contribution in [-0.4, -0.2) is 34.7 Å². The van der Waals surface area contributed by atoms with Crippen molar-refractivity contribution >= 4 is 51.3 Å². The van der Waals surface area contributed by atoms with Gasteiger partial charge in [0.25, 0.3) is 0 Å². The third-order valence-corrected chi connectivity index (χ3v) is 4.54. The number of carbonyl (C=O) groups excluding carboxylic acids is 1. The van der Waals surface area contributed by atoms with E-state index in [0.29, 0.717) is 13.0 Å². The number of para-hydroxylation sites is 1. The molecule has 2 aromatic carbocycles. The summed E-state index contributed by atoms with van der Waals surface area (Å²) in [7, 11) is 0. The topological polar surface area (TPSA) is 105 Å². The lowest BCUT2D eigenvalue weighted by Crippen LogP contribution is -2.21. The molecule has 1 amide bonds. The van der Waals surface area contributed by atoms with Gasteiger partial charge in [-0.05, 0) is 35.9 Å². The van der Waals surface area contributed by atoms with Crippen molar-refractivity contribution in [3.8, 4) is 0 Å². The third-order valence-electron chi connectivity index (χ3n) is 3.54. The van der Waals surface area contributed by atoms with Gasteiger partial charge in [-0.1, -0.05) is 30.3 Å². The summed E-state index contributed by atoms with van der Waals surface area (Å²) in [4.78, 5) is 24.9. The van der Waals surface area contributed by atoms with Crippen LogP contribution < -0.4 is 11.1 Å². The first-order valence-electron chi connectivity index (χ1n) is 8.63. The van der Waals surface area contributed by atoms with Gasteiger partial charge in [-0.3, -0.25) is 4.79 Å². The number of halogens is 3. The SMILES string of the molecule is NCCC(=O)Nc1ccc(/C=C/c2nc3ccccc3s2)cc1.O=C(O)C(F)(F)F. The van der Waals surface area contributed by atoms with Gasteiger partial charge in [0.05, 0.1) is 10.2 Å². The molecule has 0 bridgehead atoms. The first-order valence-corrected chi connectivity index (χ1v) is 9.44. The van der Waals surface area contributed by atoms with Crippen LogP contribution >= 0.6 is 11.3 Å². The van der Waals surface area contributed by atoms with Gasteiger partial charge in [-0.2, -0.15) is 13.2 Å². The van der Waals surface area contributed by atoms with Crippen LogP contribution in [0.15, 0.2) is 48.5 Å².